The van der Waals surface area contributed by atoms with Crippen molar-refractivity contribution in [3.05, 3.63) is 59.2 Å². The first-order chi connectivity index (χ1) is 10.5. The van der Waals surface area contributed by atoms with Gasteiger partial charge < -0.3 is 10.1 Å². The summed E-state index contributed by atoms with van der Waals surface area (Å²) in [6.07, 6.45) is 0.329. The Balaban J connectivity index is 2.06. The number of rotatable bonds is 5. The molecule has 0 spiro atoms. The first-order valence-corrected chi connectivity index (χ1v) is 7.64. The Morgan fingerprint density at radius 1 is 1.18 bits per heavy atom. The lowest BCUT2D eigenvalue weighted by atomic mass is 10.1. The molecule has 0 aliphatic heterocycles. The molecular formula is C19H23NO2. The molecule has 2 rings (SSSR count). The normalized spacial score (nSPS) is 11.8. The summed E-state index contributed by atoms with van der Waals surface area (Å²) in [5, 5.41) is 2.93. The van der Waals surface area contributed by atoms with Crippen LogP contribution in [-0.4, -0.2) is 12.0 Å². The summed E-state index contributed by atoms with van der Waals surface area (Å²) in [5.41, 5.74) is 4.16. The molecular weight excluding hydrogens is 274 g/mol. The van der Waals surface area contributed by atoms with Crippen molar-refractivity contribution in [2.75, 3.05) is 5.32 Å². The second kappa shape index (κ2) is 7.12. The van der Waals surface area contributed by atoms with Crippen molar-refractivity contribution in [1.82, 2.24) is 0 Å². The number of para-hydroxylation sites is 1. The largest absolute Gasteiger partial charge is 0.481 e. The maximum atomic E-state index is 12.3. The summed E-state index contributed by atoms with van der Waals surface area (Å²) in [5.74, 6) is 0.631. The fourth-order valence-electron chi connectivity index (χ4n) is 2.34. The topological polar surface area (TPSA) is 38.3 Å². The molecule has 1 amide bonds. The van der Waals surface area contributed by atoms with Gasteiger partial charge >= 0.3 is 0 Å². The van der Waals surface area contributed by atoms with Crippen molar-refractivity contribution in [1.29, 1.82) is 0 Å². The predicted octanol–water partition coefficient (Wildman–Crippen LogP) is 4.27. The lowest BCUT2D eigenvalue weighted by Crippen LogP contribution is -2.30. The minimum Gasteiger partial charge on any atom is -0.481 e. The number of anilines is 1. The van der Waals surface area contributed by atoms with E-state index in [0.29, 0.717) is 0 Å². The molecule has 0 bridgehead atoms. The van der Waals surface area contributed by atoms with Gasteiger partial charge in [0, 0.05) is 5.69 Å². The number of amides is 1. The van der Waals surface area contributed by atoms with Crippen LogP contribution in [0.3, 0.4) is 0 Å². The van der Waals surface area contributed by atoms with Crippen LogP contribution in [0.5, 0.6) is 5.75 Å². The molecule has 3 heteroatoms. The average molecular weight is 297 g/mol. The number of hydrogen-bond acceptors (Lipinski definition) is 2. The number of ether oxygens (including phenoxy) is 1. The Morgan fingerprint density at radius 3 is 2.59 bits per heavy atom. The van der Waals surface area contributed by atoms with E-state index in [-0.39, 0.29) is 5.91 Å². The van der Waals surface area contributed by atoms with Crippen LogP contribution < -0.4 is 10.1 Å². The van der Waals surface area contributed by atoms with Crippen LogP contribution in [0.4, 0.5) is 5.69 Å². The third-order valence-corrected chi connectivity index (χ3v) is 3.67. The third kappa shape index (κ3) is 3.88. The monoisotopic (exact) mass is 297 g/mol. The molecule has 3 nitrogen and oxygen atoms in total. The van der Waals surface area contributed by atoms with E-state index in [0.717, 1.165) is 29.0 Å². The SMILES string of the molecule is CCc1ccccc1O[C@@H](C)C(=O)Nc1ccc(C)cc1C. The van der Waals surface area contributed by atoms with Crippen LogP contribution in [0.1, 0.15) is 30.5 Å². The van der Waals surface area contributed by atoms with Crippen LogP contribution >= 0.6 is 0 Å². The zero-order valence-electron chi connectivity index (χ0n) is 13.6. The molecule has 2 aromatic carbocycles. The zero-order valence-corrected chi connectivity index (χ0v) is 13.6. The highest BCUT2D eigenvalue weighted by molar-refractivity contribution is 5.94. The van der Waals surface area contributed by atoms with E-state index in [9.17, 15) is 4.79 Å². The van der Waals surface area contributed by atoms with Gasteiger partial charge in [0.15, 0.2) is 6.10 Å². The zero-order chi connectivity index (χ0) is 16.1. The Hall–Kier alpha value is -2.29. The number of carbonyl (C=O) groups excluding carboxylic acids is 1. The summed E-state index contributed by atoms with van der Waals surface area (Å²) in [6.45, 7) is 7.86. The van der Waals surface area contributed by atoms with Gasteiger partial charge in [-0.1, -0.05) is 42.8 Å². The molecule has 0 unspecified atom stereocenters. The van der Waals surface area contributed by atoms with Crippen molar-refractivity contribution in [2.45, 2.75) is 40.2 Å². The molecule has 1 N–H and O–H groups in total. The highest BCUT2D eigenvalue weighted by Gasteiger charge is 2.16. The molecule has 116 valence electrons. The number of nitrogens with one attached hydrogen (secondary N) is 1. The van der Waals surface area contributed by atoms with E-state index in [2.05, 4.69) is 12.2 Å². The highest BCUT2D eigenvalue weighted by atomic mass is 16.5. The molecule has 0 heterocycles. The highest BCUT2D eigenvalue weighted by Crippen LogP contribution is 2.21. The van der Waals surface area contributed by atoms with Crippen molar-refractivity contribution in [3.8, 4) is 5.75 Å². The van der Waals surface area contributed by atoms with E-state index in [1.807, 2.05) is 56.3 Å². The van der Waals surface area contributed by atoms with Gasteiger partial charge in [0.1, 0.15) is 5.75 Å². The molecule has 0 aliphatic carbocycles. The first kappa shape index (κ1) is 16.1. The van der Waals surface area contributed by atoms with Crippen LogP contribution in [0, 0.1) is 13.8 Å². The van der Waals surface area contributed by atoms with Crippen molar-refractivity contribution in [2.24, 2.45) is 0 Å². The maximum absolute atomic E-state index is 12.3. The van der Waals surface area contributed by atoms with Gasteiger partial charge in [-0.25, -0.2) is 0 Å². The molecule has 1 atom stereocenters. The van der Waals surface area contributed by atoms with Crippen molar-refractivity contribution in [3.63, 3.8) is 0 Å². The van der Waals surface area contributed by atoms with Crippen LogP contribution in [0.15, 0.2) is 42.5 Å². The minimum absolute atomic E-state index is 0.141. The molecule has 0 radical (unpaired) electrons. The van der Waals surface area contributed by atoms with E-state index < -0.39 is 6.10 Å². The Kier molecular flexibility index (Phi) is 5.21. The fraction of sp³-hybridized carbons (Fsp3) is 0.316. The third-order valence-electron chi connectivity index (χ3n) is 3.67. The number of aryl methyl sites for hydroxylation is 3. The second-order valence-corrected chi connectivity index (χ2v) is 5.53. The Labute approximate surface area is 132 Å². The molecule has 0 aromatic heterocycles. The number of carbonyl (C=O) groups is 1. The van der Waals surface area contributed by atoms with E-state index in [1.165, 1.54) is 5.56 Å². The van der Waals surface area contributed by atoms with Crippen LogP contribution in [-0.2, 0) is 11.2 Å². The van der Waals surface area contributed by atoms with Gasteiger partial charge in [-0.15, -0.1) is 0 Å². The average Bonchev–Trinajstić information content (AvgIpc) is 2.50. The lowest BCUT2D eigenvalue weighted by Gasteiger charge is -2.17. The quantitative estimate of drug-likeness (QED) is 0.895. The van der Waals surface area contributed by atoms with Gasteiger partial charge in [-0.2, -0.15) is 0 Å². The summed E-state index contributed by atoms with van der Waals surface area (Å²) < 4.78 is 5.82. The van der Waals surface area contributed by atoms with Crippen LogP contribution in [0.25, 0.3) is 0 Å². The van der Waals surface area contributed by atoms with Gasteiger partial charge in [0.25, 0.3) is 5.91 Å². The summed E-state index contributed by atoms with van der Waals surface area (Å²) in [4.78, 5) is 12.3. The number of benzene rings is 2. The van der Waals surface area contributed by atoms with Gasteiger partial charge in [-0.3, -0.25) is 4.79 Å². The molecule has 0 fully saturated rings. The molecule has 22 heavy (non-hydrogen) atoms. The van der Waals surface area contributed by atoms with Crippen molar-refractivity contribution >= 4 is 11.6 Å². The van der Waals surface area contributed by atoms with E-state index in [4.69, 9.17) is 4.74 Å². The summed E-state index contributed by atoms with van der Waals surface area (Å²) in [7, 11) is 0. The Bertz CT molecular complexity index is 664. The number of hydrogen-bond donors (Lipinski definition) is 1. The van der Waals surface area contributed by atoms with Gasteiger partial charge in [-0.05, 0) is 50.5 Å². The maximum Gasteiger partial charge on any atom is 0.265 e. The van der Waals surface area contributed by atoms with Gasteiger partial charge in [0.05, 0.1) is 0 Å². The van der Waals surface area contributed by atoms with Crippen LogP contribution in [0.2, 0.25) is 0 Å². The van der Waals surface area contributed by atoms with E-state index >= 15 is 0 Å². The van der Waals surface area contributed by atoms with Gasteiger partial charge in [0.2, 0.25) is 0 Å². The minimum atomic E-state index is -0.548. The standard InChI is InChI=1S/C19H23NO2/c1-5-16-8-6-7-9-18(16)22-15(4)19(21)20-17-11-10-13(2)12-14(17)3/h6-12,15H,5H2,1-4H3,(H,20,21)/t15-/m0/s1. The predicted molar refractivity (Wildman–Crippen MR) is 90.5 cm³/mol. The molecule has 0 aliphatic rings. The molecule has 2 aromatic rings. The fourth-order valence-corrected chi connectivity index (χ4v) is 2.34. The summed E-state index contributed by atoms with van der Waals surface area (Å²) in [6, 6.07) is 13.8. The molecule has 0 saturated heterocycles. The Morgan fingerprint density at radius 2 is 1.91 bits per heavy atom. The first-order valence-electron chi connectivity index (χ1n) is 7.64. The van der Waals surface area contributed by atoms with E-state index in [1.54, 1.807) is 6.92 Å². The summed E-state index contributed by atoms with van der Waals surface area (Å²) >= 11 is 0. The lowest BCUT2D eigenvalue weighted by molar-refractivity contribution is -0.122. The van der Waals surface area contributed by atoms with Crippen molar-refractivity contribution < 1.29 is 9.53 Å². The smallest absolute Gasteiger partial charge is 0.265 e. The molecule has 0 saturated carbocycles. The second-order valence-electron chi connectivity index (χ2n) is 5.53.